The van der Waals surface area contributed by atoms with Crippen molar-refractivity contribution < 1.29 is 14.1 Å². The van der Waals surface area contributed by atoms with Crippen molar-refractivity contribution in [3.05, 3.63) is 88.5 Å². The molecule has 0 saturated carbocycles. The van der Waals surface area contributed by atoms with Crippen LogP contribution in [0.5, 0.6) is 5.75 Å². The molecule has 3 aromatic rings. The lowest BCUT2D eigenvalue weighted by molar-refractivity contribution is -0.385. The van der Waals surface area contributed by atoms with E-state index in [-0.39, 0.29) is 18.0 Å². The summed E-state index contributed by atoms with van der Waals surface area (Å²) in [6.45, 7) is 4.20. The summed E-state index contributed by atoms with van der Waals surface area (Å²) in [4.78, 5) is 10.8. The van der Waals surface area contributed by atoms with E-state index in [9.17, 15) is 14.5 Å². The van der Waals surface area contributed by atoms with E-state index in [0.717, 1.165) is 0 Å². The van der Waals surface area contributed by atoms with Crippen molar-refractivity contribution in [2.75, 3.05) is 0 Å². The molecule has 144 valence electrons. The van der Waals surface area contributed by atoms with Crippen molar-refractivity contribution >= 4 is 17.4 Å². The summed E-state index contributed by atoms with van der Waals surface area (Å²) in [5, 5.41) is 20.0. The zero-order valence-corrected chi connectivity index (χ0v) is 15.6. The van der Waals surface area contributed by atoms with E-state index in [2.05, 4.69) is 16.8 Å². The van der Waals surface area contributed by atoms with Gasteiger partial charge in [-0.05, 0) is 12.1 Å². The number of allylic oxidation sites excluding steroid dienone is 1. The Kier molecular flexibility index (Phi) is 6.38. The molecule has 0 aliphatic carbocycles. The molecule has 0 N–H and O–H groups in total. The molecule has 0 atom stereocenters. The Hall–Kier alpha value is -3.20. The van der Waals surface area contributed by atoms with Crippen LogP contribution in [-0.4, -0.2) is 19.7 Å². The third-order valence-electron chi connectivity index (χ3n) is 3.84. The molecule has 3 rings (SSSR count). The monoisotopic (exact) mass is 400 g/mol. The summed E-state index contributed by atoms with van der Waals surface area (Å²) in [5.74, 6) is 0.543. The molecule has 0 bridgehead atoms. The average Bonchev–Trinajstić information content (AvgIpc) is 3.08. The molecule has 0 radical (unpaired) electrons. The van der Waals surface area contributed by atoms with Gasteiger partial charge in [-0.2, -0.15) is 0 Å². The first-order valence-corrected chi connectivity index (χ1v) is 9.34. The van der Waals surface area contributed by atoms with Crippen LogP contribution in [0.3, 0.4) is 0 Å². The largest absolute Gasteiger partial charge is 0.483 e. The molecule has 2 aromatic carbocycles. The van der Waals surface area contributed by atoms with Crippen molar-refractivity contribution in [1.82, 2.24) is 14.8 Å². The topological polar surface area (TPSA) is 83.1 Å². The second-order valence-corrected chi connectivity index (χ2v) is 6.63. The summed E-state index contributed by atoms with van der Waals surface area (Å²) in [6, 6.07) is 12.7. The number of hydrogen-bond donors (Lipinski definition) is 0. The van der Waals surface area contributed by atoms with Gasteiger partial charge < -0.3 is 4.74 Å². The van der Waals surface area contributed by atoms with Crippen molar-refractivity contribution in [3.63, 3.8) is 0 Å². The molecule has 0 spiro atoms. The number of thioether (sulfide) groups is 1. The average molecular weight is 400 g/mol. The Morgan fingerprint density at radius 2 is 1.96 bits per heavy atom. The number of benzene rings is 2. The second kappa shape index (κ2) is 9.14. The molecule has 1 heterocycles. The van der Waals surface area contributed by atoms with E-state index < -0.39 is 10.7 Å². The molecule has 9 heteroatoms. The number of nitrogens with zero attached hydrogens (tertiary/aromatic N) is 4. The molecule has 0 aliphatic rings. The van der Waals surface area contributed by atoms with Crippen LogP contribution in [0.1, 0.15) is 11.4 Å². The van der Waals surface area contributed by atoms with Gasteiger partial charge in [0.2, 0.25) is 0 Å². The Labute approximate surface area is 165 Å². The zero-order chi connectivity index (χ0) is 19.9. The van der Waals surface area contributed by atoms with Gasteiger partial charge in [-0.1, -0.05) is 48.2 Å². The van der Waals surface area contributed by atoms with Gasteiger partial charge in [0.05, 0.1) is 4.92 Å². The Morgan fingerprint density at radius 1 is 1.21 bits per heavy atom. The fraction of sp³-hybridized carbons (Fsp3) is 0.158. The summed E-state index contributed by atoms with van der Waals surface area (Å²) in [5.41, 5.74) is 0.655. The van der Waals surface area contributed by atoms with E-state index in [1.165, 1.54) is 30.0 Å². The van der Waals surface area contributed by atoms with Crippen molar-refractivity contribution in [2.45, 2.75) is 24.1 Å². The lowest BCUT2D eigenvalue weighted by atomic mass is 10.2. The van der Waals surface area contributed by atoms with Crippen LogP contribution in [0.4, 0.5) is 10.1 Å². The number of nitro benzene ring substituents is 1. The summed E-state index contributed by atoms with van der Waals surface area (Å²) in [7, 11) is 0. The molecule has 0 aliphatic heterocycles. The maximum Gasteiger partial charge on any atom is 0.273 e. The molecular formula is C19H17FN4O3S. The summed E-state index contributed by atoms with van der Waals surface area (Å²) in [6.07, 6.45) is 1.69. The Bertz CT molecular complexity index is 993. The van der Waals surface area contributed by atoms with Gasteiger partial charge >= 0.3 is 0 Å². The molecule has 0 fully saturated rings. The summed E-state index contributed by atoms with van der Waals surface area (Å²) >= 11 is 1.32. The van der Waals surface area contributed by atoms with Crippen molar-refractivity contribution in [1.29, 1.82) is 0 Å². The standard InChI is InChI=1S/C19H17FN4O3S/c1-2-11-23-18(12-27-17-10-6-4-8-15(17)20)21-22-19(23)28-13-14-7-3-5-9-16(14)24(25)26/h2-10H,1,11-13H2. The highest BCUT2D eigenvalue weighted by atomic mass is 32.2. The van der Waals surface area contributed by atoms with Gasteiger partial charge in [-0.25, -0.2) is 4.39 Å². The van der Waals surface area contributed by atoms with E-state index >= 15 is 0 Å². The first-order valence-electron chi connectivity index (χ1n) is 8.35. The maximum atomic E-state index is 13.7. The van der Waals surface area contributed by atoms with Crippen molar-refractivity contribution in [3.8, 4) is 5.75 Å². The zero-order valence-electron chi connectivity index (χ0n) is 14.8. The predicted octanol–water partition coefficient (Wildman–Crippen LogP) is 4.38. The van der Waals surface area contributed by atoms with E-state index in [1.54, 1.807) is 41.0 Å². The van der Waals surface area contributed by atoms with Crippen LogP contribution >= 0.6 is 11.8 Å². The number of halogens is 1. The number of para-hydroxylation sites is 2. The molecule has 1 aromatic heterocycles. The summed E-state index contributed by atoms with van der Waals surface area (Å²) < 4.78 is 21.0. The highest BCUT2D eigenvalue weighted by Crippen LogP contribution is 2.27. The van der Waals surface area contributed by atoms with E-state index in [1.807, 2.05) is 0 Å². The number of ether oxygens (including phenoxy) is 1. The molecule has 0 unspecified atom stereocenters. The lowest BCUT2D eigenvalue weighted by Crippen LogP contribution is -2.08. The molecule has 7 nitrogen and oxygen atoms in total. The minimum atomic E-state index is -0.455. The molecule has 28 heavy (non-hydrogen) atoms. The fourth-order valence-electron chi connectivity index (χ4n) is 2.50. The highest BCUT2D eigenvalue weighted by molar-refractivity contribution is 7.98. The number of nitro groups is 1. The van der Waals surface area contributed by atoms with Crippen LogP contribution in [-0.2, 0) is 18.9 Å². The van der Waals surface area contributed by atoms with Gasteiger partial charge in [-0.15, -0.1) is 16.8 Å². The quantitative estimate of drug-likeness (QED) is 0.229. The lowest BCUT2D eigenvalue weighted by Gasteiger charge is -2.09. The smallest absolute Gasteiger partial charge is 0.273 e. The van der Waals surface area contributed by atoms with Gasteiger partial charge in [0.1, 0.15) is 6.61 Å². The van der Waals surface area contributed by atoms with Gasteiger partial charge in [0.15, 0.2) is 22.5 Å². The normalized spacial score (nSPS) is 10.6. The number of hydrogen-bond acceptors (Lipinski definition) is 6. The molecular weight excluding hydrogens is 383 g/mol. The van der Waals surface area contributed by atoms with Crippen LogP contribution in [0.25, 0.3) is 0 Å². The first-order chi connectivity index (χ1) is 13.6. The van der Waals surface area contributed by atoms with E-state index in [0.29, 0.717) is 28.8 Å². The van der Waals surface area contributed by atoms with Crippen LogP contribution in [0.2, 0.25) is 0 Å². The van der Waals surface area contributed by atoms with E-state index in [4.69, 9.17) is 4.74 Å². The number of rotatable bonds is 9. The SMILES string of the molecule is C=CCn1c(COc2ccccc2F)nnc1SCc1ccccc1[N+](=O)[O-]. The minimum absolute atomic E-state index is 0.0355. The van der Waals surface area contributed by atoms with Crippen molar-refractivity contribution in [2.24, 2.45) is 0 Å². The third kappa shape index (κ3) is 4.55. The maximum absolute atomic E-state index is 13.7. The van der Waals surface area contributed by atoms with Crippen LogP contribution < -0.4 is 4.74 Å². The molecule has 0 amide bonds. The van der Waals surface area contributed by atoms with Gasteiger partial charge in [0.25, 0.3) is 5.69 Å². The fourth-order valence-corrected chi connectivity index (χ4v) is 3.47. The van der Waals surface area contributed by atoms with Gasteiger partial charge in [0, 0.05) is 23.9 Å². The minimum Gasteiger partial charge on any atom is -0.483 e. The van der Waals surface area contributed by atoms with Crippen LogP contribution in [0, 0.1) is 15.9 Å². The van der Waals surface area contributed by atoms with Gasteiger partial charge in [-0.3, -0.25) is 14.7 Å². The first kappa shape index (κ1) is 19.6. The van der Waals surface area contributed by atoms with Crippen LogP contribution in [0.15, 0.2) is 66.3 Å². The number of aromatic nitrogens is 3. The third-order valence-corrected chi connectivity index (χ3v) is 4.86. The Balaban J connectivity index is 1.75. The second-order valence-electron chi connectivity index (χ2n) is 5.69. The Morgan fingerprint density at radius 3 is 2.71 bits per heavy atom. The highest BCUT2D eigenvalue weighted by Gasteiger charge is 2.17. The predicted molar refractivity (Wildman–Crippen MR) is 104 cm³/mol. The molecule has 0 saturated heterocycles.